The van der Waals surface area contributed by atoms with E-state index in [1.807, 2.05) is 6.07 Å². The minimum absolute atomic E-state index is 0.0681. The molecule has 1 rings (SSSR count). The van der Waals surface area contributed by atoms with E-state index in [0.29, 0.717) is 17.8 Å². The fourth-order valence-corrected chi connectivity index (χ4v) is 2.43. The Hall–Kier alpha value is -1.08. The smallest absolute Gasteiger partial charge is 0.263 e. The third kappa shape index (κ3) is 3.49. The predicted molar refractivity (Wildman–Crippen MR) is 67.0 cm³/mol. The molecule has 0 aliphatic carbocycles. The van der Waals surface area contributed by atoms with E-state index in [-0.39, 0.29) is 11.7 Å². The lowest BCUT2D eigenvalue weighted by Gasteiger charge is -2.15. The van der Waals surface area contributed by atoms with Crippen LogP contribution in [0.25, 0.3) is 0 Å². The monoisotopic (exact) mass is 305 g/mol. The van der Waals surface area contributed by atoms with E-state index in [0.717, 1.165) is 3.79 Å². The number of nitrogens with two attached hydrogens (primary N) is 1. The minimum atomic E-state index is -0.0681. The Morgan fingerprint density at radius 1 is 1.69 bits per heavy atom. The topological polar surface area (TPSA) is 78.9 Å². The molecule has 16 heavy (non-hydrogen) atoms. The van der Waals surface area contributed by atoms with Crippen LogP contribution in [0.3, 0.4) is 0 Å². The molecule has 1 amide bonds. The number of amidine groups is 1. The summed E-state index contributed by atoms with van der Waals surface area (Å²) in [7, 11) is 1.68. The summed E-state index contributed by atoms with van der Waals surface area (Å²) in [5.74, 6) is 0.0495. The first-order chi connectivity index (χ1) is 7.54. The van der Waals surface area contributed by atoms with Crippen LogP contribution < -0.4 is 5.73 Å². The van der Waals surface area contributed by atoms with E-state index >= 15 is 0 Å². The number of hydrogen-bond acceptors (Lipinski definition) is 4. The molecule has 0 aliphatic rings. The number of thiophene rings is 1. The van der Waals surface area contributed by atoms with Crippen molar-refractivity contribution in [2.75, 3.05) is 13.6 Å². The maximum atomic E-state index is 11.8. The molecule has 0 unspecified atom stereocenters. The highest BCUT2D eigenvalue weighted by Gasteiger charge is 2.13. The van der Waals surface area contributed by atoms with E-state index in [2.05, 4.69) is 21.1 Å². The average Bonchev–Trinajstić information content (AvgIpc) is 2.71. The molecule has 0 saturated heterocycles. The van der Waals surface area contributed by atoms with Gasteiger partial charge in [-0.2, -0.15) is 0 Å². The molecule has 5 nitrogen and oxygen atoms in total. The second kappa shape index (κ2) is 5.86. The maximum absolute atomic E-state index is 11.8. The zero-order valence-corrected chi connectivity index (χ0v) is 11.1. The summed E-state index contributed by atoms with van der Waals surface area (Å²) in [4.78, 5) is 14.0. The van der Waals surface area contributed by atoms with Gasteiger partial charge in [-0.3, -0.25) is 4.79 Å². The largest absolute Gasteiger partial charge is 0.409 e. The number of amides is 1. The Kier molecular flexibility index (Phi) is 4.75. The van der Waals surface area contributed by atoms with Crippen molar-refractivity contribution in [3.05, 3.63) is 20.8 Å². The third-order valence-electron chi connectivity index (χ3n) is 1.96. The molecule has 88 valence electrons. The molecular weight excluding hydrogens is 294 g/mol. The van der Waals surface area contributed by atoms with E-state index in [1.165, 1.54) is 16.2 Å². The molecular formula is C9H12BrN3O2S. The van der Waals surface area contributed by atoms with E-state index in [4.69, 9.17) is 10.9 Å². The first-order valence-electron chi connectivity index (χ1n) is 4.51. The van der Waals surface area contributed by atoms with Crippen molar-refractivity contribution < 1.29 is 10.0 Å². The fourth-order valence-electron chi connectivity index (χ4n) is 1.05. The quantitative estimate of drug-likeness (QED) is 0.385. The van der Waals surface area contributed by atoms with E-state index in [9.17, 15) is 4.79 Å². The van der Waals surface area contributed by atoms with Crippen molar-refractivity contribution in [2.45, 2.75) is 6.42 Å². The van der Waals surface area contributed by atoms with Crippen molar-refractivity contribution >= 4 is 39.0 Å². The van der Waals surface area contributed by atoms with Crippen molar-refractivity contribution in [2.24, 2.45) is 10.9 Å². The van der Waals surface area contributed by atoms with E-state index in [1.54, 1.807) is 13.1 Å². The van der Waals surface area contributed by atoms with Crippen LogP contribution in [-0.4, -0.2) is 35.4 Å². The van der Waals surface area contributed by atoms with Crippen molar-refractivity contribution in [1.29, 1.82) is 0 Å². The number of nitrogens with zero attached hydrogens (tertiary/aromatic N) is 2. The lowest BCUT2D eigenvalue weighted by atomic mass is 10.3. The fraction of sp³-hybridized carbons (Fsp3) is 0.333. The van der Waals surface area contributed by atoms with Gasteiger partial charge in [-0.05, 0) is 28.1 Å². The van der Waals surface area contributed by atoms with Gasteiger partial charge in [0, 0.05) is 20.0 Å². The van der Waals surface area contributed by atoms with Crippen LogP contribution in [0, 0.1) is 0 Å². The van der Waals surface area contributed by atoms with Gasteiger partial charge in [0.05, 0.1) is 8.66 Å². The van der Waals surface area contributed by atoms with Crippen LogP contribution in [0.15, 0.2) is 21.1 Å². The molecule has 1 heterocycles. The lowest BCUT2D eigenvalue weighted by Crippen LogP contribution is -2.30. The second-order valence-electron chi connectivity index (χ2n) is 3.17. The maximum Gasteiger partial charge on any atom is 0.263 e. The lowest BCUT2D eigenvalue weighted by molar-refractivity contribution is 0.0803. The summed E-state index contributed by atoms with van der Waals surface area (Å²) < 4.78 is 0.917. The average molecular weight is 306 g/mol. The minimum Gasteiger partial charge on any atom is -0.409 e. The van der Waals surface area contributed by atoms with Crippen LogP contribution in [0.2, 0.25) is 0 Å². The number of rotatable bonds is 4. The summed E-state index contributed by atoms with van der Waals surface area (Å²) in [6.45, 7) is 0.421. The highest BCUT2D eigenvalue weighted by atomic mass is 79.9. The van der Waals surface area contributed by atoms with Crippen LogP contribution in [0.4, 0.5) is 0 Å². The molecule has 0 fully saturated rings. The van der Waals surface area contributed by atoms with Gasteiger partial charge in [-0.15, -0.1) is 11.3 Å². The molecule has 0 aromatic carbocycles. The SMILES string of the molecule is CN(CC/C(N)=N/O)C(=O)c1ccc(Br)s1. The summed E-state index contributed by atoms with van der Waals surface area (Å²) in [6, 6.07) is 3.59. The Balaban J connectivity index is 2.54. The molecule has 0 bridgehead atoms. The van der Waals surface area contributed by atoms with Crippen molar-refractivity contribution in [1.82, 2.24) is 4.90 Å². The zero-order chi connectivity index (χ0) is 12.1. The Morgan fingerprint density at radius 3 is 2.88 bits per heavy atom. The van der Waals surface area contributed by atoms with Crippen LogP contribution in [0.5, 0.6) is 0 Å². The number of oxime groups is 1. The van der Waals surface area contributed by atoms with Gasteiger partial charge in [0.1, 0.15) is 5.84 Å². The van der Waals surface area contributed by atoms with Crippen LogP contribution >= 0.6 is 27.3 Å². The molecule has 0 saturated carbocycles. The Morgan fingerprint density at radius 2 is 2.38 bits per heavy atom. The number of carbonyl (C=O) groups excluding carboxylic acids is 1. The molecule has 0 radical (unpaired) electrons. The third-order valence-corrected chi connectivity index (χ3v) is 3.57. The molecule has 0 aliphatic heterocycles. The number of carbonyl (C=O) groups is 1. The molecule has 7 heteroatoms. The number of hydrogen-bond donors (Lipinski definition) is 2. The van der Waals surface area contributed by atoms with Gasteiger partial charge < -0.3 is 15.8 Å². The zero-order valence-electron chi connectivity index (χ0n) is 8.68. The highest BCUT2D eigenvalue weighted by Crippen LogP contribution is 2.22. The van der Waals surface area contributed by atoms with Gasteiger partial charge in [-0.25, -0.2) is 0 Å². The molecule has 1 aromatic heterocycles. The first-order valence-corrected chi connectivity index (χ1v) is 6.12. The highest BCUT2D eigenvalue weighted by molar-refractivity contribution is 9.11. The van der Waals surface area contributed by atoms with Gasteiger partial charge in [0.2, 0.25) is 0 Å². The normalized spacial score (nSPS) is 11.5. The molecule has 3 N–H and O–H groups in total. The van der Waals surface area contributed by atoms with Crippen LogP contribution in [0.1, 0.15) is 16.1 Å². The molecule has 0 atom stereocenters. The Bertz CT molecular complexity index is 405. The predicted octanol–water partition coefficient (Wildman–Crippen LogP) is 1.72. The van der Waals surface area contributed by atoms with Crippen molar-refractivity contribution in [3.8, 4) is 0 Å². The summed E-state index contributed by atoms with van der Waals surface area (Å²) >= 11 is 4.68. The summed E-state index contributed by atoms with van der Waals surface area (Å²) in [5, 5.41) is 11.2. The van der Waals surface area contributed by atoms with E-state index < -0.39 is 0 Å². The van der Waals surface area contributed by atoms with Gasteiger partial charge >= 0.3 is 0 Å². The summed E-state index contributed by atoms with van der Waals surface area (Å²) in [6.07, 6.45) is 0.352. The Labute approximate surface area is 106 Å². The first kappa shape index (κ1) is 13.0. The standard InChI is InChI=1S/C9H12BrN3O2S/c1-13(5-4-8(11)12-15)9(14)6-2-3-7(10)16-6/h2-3,15H,4-5H2,1H3,(H2,11,12). The molecule has 1 aromatic rings. The number of halogens is 1. The van der Waals surface area contributed by atoms with Gasteiger partial charge in [0.25, 0.3) is 5.91 Å². The van der Waals surface area contributed by atoms with Gasteiger partial charge in [0.15, 0.2) is 0 Å². The van der Waals surface area contributed by atoms with Gasteiger partial charge in [-0.1, -0.05) is 5.16 Å². The van der Waals surface area contributed by atoms with Crippen molar-refractivity contribution in [3.63, 3.8) is 0 Å². The van der Waals surface area contributed by atoms with Crippen LogP contribution in [-0.2, 0) is 0 Å². The summed E-state index contributed by atoms with van der Waals surface area (Å²) in [5.41, 5.74) is 5.32. The molecule has 0 spiro atoms. The second-order valence-corrected chi connectivity index (χ2v) is 5.63.